The van der Waals surface area contributed by atoms with Crippen molar-refractivity contribution in [2.75, 3.05) is 6.61 Å². The molecule has 80 valence electrons. The molecule has 0 aromatic heterocycles. The first-order valence-corrected chi connectivity index (χ1v) is 4.79. The molecule has 0 saturated carbocycles. The number of Topliss-reactive ketones (excluding diaryl/α,β-unsaturated/α-hetero) is 1. The van der Waals surface area contributed by atoms with Crippen molar-refractivity contribution in [3.8, 4) is 0 Å². The lowest BCUT2D eigenvalue weighted by Gasteiger charge is -2.00. The molecule has 0 bridgehead atoms. The summed E-state index contributed by atoms with van der Waals surface area (Å²) >= 11 is 5.05. The van der Waals surface area contributed by atoms with Crippen LogP contribution < -0.4 is 0 Å². The van der Waals surface area contributed by atoms with Gasteiger partial charge in [-0.2, -0.15) is 0 Å². The minimum absolute atomic E-state index is 0.0310. The summed E-state index contributed by atoms with van der Waals surface area (Å²) in [5.41, 5.74) is 0. The molecule has 0 atom stereocenters. The molecular weight excluding hydrogens is 208 g/mol. The molecule has 0 amide bonds. The second-order valence-electron chi connectivity index (χ2n) is 2.70. The highest BCUT2D eigenvalue weighted by Gasteiger charge is 2.08. The molecule has 5 heteroatoms. The van der Waals surface area contributed by atoms with E-state index in [1.165, 1.54) is 0 Å². The van der Waals surface area contributed by atoms with Crippen LogP contribution in [0.3, 0.4) is 0 Å². The van der Waals surface area contributed by atoms with Gasteiger partial charge in [0, 0.05) is 19.3 Å². The Hall–Kier alpha value is -0.900. The highest BCUT2D eigenvalue weighted by Crippen LogP contribution is 2.02. The third kappa shape index (κ3) is 7.73. The minimum Gasteiger partial charge on any atom is -0.466 e. The molecular formula is C9H13ClO4. The van der Waals surface area contributed by atoms with E-state index in [0.29, 0.717) is 6.61 Å². The molecule has 0 aromatic rings. The van der Waals surface area contributed by atoms with Gasteiger partial charge in [0.15, 0.2) is 0 Å². The molecule has 0 aliphatic carbocycles. The second-order valence-corrected chi connectivity index (χ2v) is 3.12. The Morgan fingerprint density at radius 1 is 1.07 bits per heavy atom. The number of rotatable bonds is 7. The molecule has 14 heavy (non-hydrogen) atoms. The molecule has 0 aliphatic rings. The summed E-state index contributed by atoms with van der Waals surface area (Å²) in [7, 11) is 0. The van der Waals surface area contributed by atoms with Crippen molar-refractivity contribution in [1.82, 2.24) is 0 Å². The van der Waals surface area contributed by atoms with E-state index in [-0.39, 0.29) is 31.5 Å². The average Bonchev–Trinajstić information content (AvgIpc) is 2.12. The van der Waals surface area contributed by atoms with Gasteiger partial charge in [0.25, 0.3) is 0 Å². The van der Waals surface area contributed by atoms with Crippen molar-refractivity contribution in [1.29, 1.82) is 0 Å². The molecule has 0 N–H and O–H groups in total. The molecule has 0 aliphatic heterocycles. The molecule has 0 saturated heterocycles. The number of esters is 1. The summed E-state index contributed by atoms with van der Waals surface area (Å²) < 4.78 is 4.63. The van der Waals surface area contributed by atoms with Crippen LogP contribution in [0, 0.1) is 0 Å². The lowest BCUT2D eigenvalue weighted by molar-refractivity contribution is -0.144. The predicted octanol–water partition coefficient (Wildman–Crippen LogP) is 1.44. The van der Waals surface area contributed by atoms with E-state index in [0.717, 1.165) is 0 Å². The van der Waals surface area contributed by atoms with Crippen LogP contribution in [-0.2, 0) is 19.1 Å². The van der Waals surface area contributed by atoms with Gasteiger partial charge in [0.2, 0.25) is 5.24 Å². The van der Waals surface area contributed by atoms with E-state index in [1.54, 1.807) is 6.92 Å². The van der Waals surface area contributed by atoms with E-state index in [1.807, 2.05) is 0 Å². The maximum Gasteiger partial charge on any atom is 0.306 e. The number of hydrogen-bond donors (Lipinski definition) is 0. The molecule has 0 unspecified atom stereocenters. The molecule has 0 heterocycles. The molecule has 0 rings (SSSR count). The van der Waals surface area contributed by atoms with Crippen molar-refractivity contribution in [2.45, 2.75) is 32.6 Å². The van der Waals surface area contributed by atoms with Gasteiger partial charge >= 0.3 is 5.97 Å². The van der Waals surface area contributed by atoms with Crippen molar-refractivity contribution in [3.63, 3.8) is 0 Å². The topological polar surface area (TPSA) is 60.4 Å². The maximum absolute atomic E-state index is 11.0. The Morgan fingerprint density at radius 3 is 2.14 bits per heavy atom. The van der Waals surface area contributed by atoms with E-state index >= 15 is 0 Å². The van der Waals surface area contributed by atoms with Crippen LogP contribution in [0.4, 0.5) is 0 Å². The van der Waals surface area contributed by atoms with E-state index in [4.69, 9.17) is 11.6 Å². The Labute approximate surface area is 87.6 Å². The lowest BCUT2D eigenvalue weighted by atomic mass is 10.1. The van der Waals surface area contributed by atoms with Gasteiger partial charge in [-0.1, -0.05) is 0 Å². The zero-order valence-electron chi connectivity index (χ0n) is 8.05. The highest BCUT2D eigenvalue weighted by atomic mass is 35.5. The maximum atomic E-state index is 11.0. The summed E-state index contributed by atoms with van der Waals surface area (Å²) in [6, 6.07) is 0. The zero-order valence-corrected chi connectivity index (χ0v) is 8.80. The van der Waals surface area contributed by atoms with Gasteiger partial charge in [-0.15, -0.1) is 0 Å². The largest absolute Gasteiger partial charge is 0.466 e. The van der Waals surface area contributed by atoms with Crippen LogP contribution in [0.1, 0.15) is 32.6 Å². The minimum atomic E-state index is -0.533. The normalized spacial score (nSPS) is 9.57. The number of halogens is 1. The number of carbonyl (C=O) groups is 3. The smallest absolute Gasteiger partial charge is 0.306 e. The van der Waals surface area contributed by atoms with Crippen molar-refractivity contribution < 1.29 is 19.1 Å². The third-order valence-electron chi connectivity index (χ3n) is 1.51. The zero-order chi connectivity index (χ0) is 11.0. The van der Waals surface area contributed by atoms with Crippen molar-refractivity contribution >= 4 is 28.6 Å². The lowest BCUT2D eigenvalue weighted by Crippen LogP contribution is -2.08. The molecule has 0 spiro atoms. The summed E-state index contributed by atoms with van der Waals surface area (Å²) in [4.78, 5) is 32.2. The van der Waals surface area contributed by atoms with Crippen LogP contribution >= 0.6 is 11.6 Å². The summed E-state index contributed by atoms with van der Waals surface area (Å²) in [6.45, 7) is 2.01. The summed E-state index contributed by atoms with van der Waals surface area (Å²) in [5.74, 6) is -0.537. The molecule has 0 aromatic carbocycles. The van der Waals surface area contributed by atoms with Gasteiger partial charge in [-0.05, 0) is 18.5 Å². The fourth-order valence-corrected chi connectivity index (χ4v) is 0.932. The highest BCUT2D eigenvalue weighted by molar-refractivity contribution is 6.63. The van der Waals surface area contributed by atoms with Gasteiger partial charge in [0.05, 0.1) is 13.0 Å². The summed E-state index contributed by atoms with van der Waals surface area (Å²) in [5, 5.41) is -0.533. The van der Waals surface area contributed by atoms with Crippen LogP contribution in [-0.4, -0.2) is 23.6 Å². The van der Waals surface area contributed by atoms with Gasteiger partial charge in [-0.25, -0.2) is 0 Å². The van der Waals surface area contributed by atoms with Crippen molar-refractivity contribution in [3.05, 3.63) is 0 Å². The van der Waals surface area contributed by atoms with Crippen LogP contribution in [0.2, 0.25) is 0 Å². The second kappa shape index (κ2) is 7.50. The quantitative estimate of drug-likeness (QED) is 0.481. The Balaban J connectivity index is 3.53. The van der Waals surface area contributed by atoms with Crippen LogP contribution in [0.5, 0.6) is 0 Å². The Kier molecular flexibility index (Phi) is 7.02. The Morgan fingerprint density at radius 2 is 1.64 bits per heavy atom. The SMILES string of the molecule is CCOC(=O)CCC(=O)CCC(=O)Cl. The standard InChI is InChI=1S/C9H13ClO4/c1-2-14-9(13)6-4-7(11)3-5-8(10)12/h2-6H2,1H3. The van der Waals surface area contributed by atoms with Gasteiger partial charge in [-0.3, -0.25) is 14.4 Å². The van der Waals surface area contributed by atoms with E-state index < -0.39 is 11.2 Å². The first-order valence-electron chi connectivity index (χ1n) is 4.42. The number of ketones is 1. The number of hydrogen-bond acceptors (Lipinski definition) is 4. The number of carbonyl (C=O) groups excluding carboxylic acids is 3. The fraction of sp³-hybridized carbons (Fsp3) is 0.667. The Bertz CT molecular complexity index is 225. The van der Waals surface area contributed by atoms with Crippen molar-refractivity contribution in [2.24, 2.45) is 0 Å². The first-order chi connectivity index (χ1) is 6.56. The number of ether oxygens (including phenoxy) is 1. The molecule has 4 nitrogen and oxygen atoms in total. The van der Waals surface area contributed by atoms with E-state index in [2.05, 4.69) is 4.74 Å². The molecule has 0 radical (unpaired) electrons. The van der Waals surface area contributed by atoms with Gasteiger partial charge < -0.3 is 4.74 Å². The average molecular weight is 221 g/mol. The predicted molar refractivity (Wildman–Crippen MR) is 51.0 cm³/mol. The monoisotopic (exact) mass is 220 g/mol. The van der Waals surface area contributed by atoms with Crippen LogP contribution in [0.25, 0.3) is 0 Å². The first kappa shape index (κ1) is 13.1. The molecule has 0 fully saturated rings. The van der Waals surface area contributed by atoms with Crippen LogP contribution in [0.15, 0.2) is 0 Å². The third-order valence-corrected chi connectivity index (χ3v) is 1.70. The fourth-order valence-electron chi connectivity index (χ4n) is 0.837. The van der Waals surface area contributed by atoms with Gasteiger partial charge in [0.1, 0.15) is 5.78 Å². The summed E-state index contributed by atoms with van der Waals surface area (Å²) in [6.07, 6.45) is 0.317. The van der Waals surface area contributed by atoms with E-state index in [9.17, 15) is 14.4 Å².